The van der Waals surface area contributed by atoms with Crippen molar-refractivity contribution in [2.45, 2.75) is 12.6 Å². The van der Waals surface area contributed by atoms with Crippen molar-refractivity contribution in [3.05, 3.63) is 54.1 Å². The van der Waals surface area contributed by atoms with Crippen LogP contribution in [0.15, 0.2) is 48.5 Å². The van der Waals surface area contributed by atoms with E-state index in [0.717, 1.165) is 11.0 Å². The molecule has 1 aromatic heterocycles. The smallest absolute Gasteiger partial charge is 0.202 e. The highest BCUT2D eigenvalue weighted by molar-refractivity contribution is 5.85. The van der Waals surface area contributed by atoms with Crippen LogP contribution in [-0.2, 0) is 13.6 Å². The van der Waals surface area contributed by atoms with Gasteiger partial charge in [0.15, 0.2) is 11.5 Å². The number of halogens is 1. The number of hydrogen-bond donors (Lipinski definition) is 2. The zero-order chi connectivity index (χ0) is 17.1. The second kappa shape index (κ2) is 8.09. The van der Waals surface area contributed by atoms with E-state index < -0.39 is 6.10 Å². The number of aromatic nitrogens is 2. The molecule has 0 saturated carbocycles. The number of nitrogens with one attached hydrogen (secondary N) is 1. The fraction of sp³-hybridized carbons (Fsp3) is 0.278. The van der Waals surface area contributed by atoms with Gasteiger partial charge in [-0.1, -0.05) is 24.3 Å². The number of rotatable bonds is 6. The molecule has 7 heteroatoms. The maximum atomic E-state index is 10.3. The first-order valence-corrected chi connectivity index (χ1v) is 7.74. The SMILES string of the molecule is COc1ccccc1OCC(O)Cn1c(=N)n(C)c2ccccc21.Cl. The van der Waals surface area contributed by atoms with Gasteiger partial charge in [-0.3, -0.25) is 5.41 Å². The molecule has 25 heavy (non-hydrogen) atoms. The minimum atomic E-state index is -0.741. The van der Waals surface area contributed by atoms with Gasteiger partial charge in [0.05, 0.1) is 24.7 Å². The third kappa shape index (κ3) is 3.81. The van der Waals surface area contributed by atoms with Crippen LogP contribution in [0, 0.1) is 5.41 Å². The quantitative estimate of drug-likeness (QED) is 0.706. The molecular weight excluding hydrogens is 342 g/mol. The minimum Gasteiger partial charge on any atom is -0.493 e. The van der Waals surface area contributed by atoms with Crippen molar-refractivity contribution in [3.8, 4) is 11.5 Å². The molecule has 0 bridgehead atoms. The van der Waals surface area contributed by atoms with Gasteiger partial charge >= 0.3 is 0 Å². The average molecular weight is 364 g/mol. The van der Waals surface area contributed by atoms with Crippen molar-refractivity contribution in [2.75, 3.05) is 13.7 Å². The van der Waals surface area contributed by atoms with E-state index in [1.807, 2.05) is 49.5 Å². The average Bonchev–Trinajstić information content (AvgIpc) is 2.85. The summed E-state index contributed by atoms with van der Waals surface area (Å²) in [7, 11) is 3.43. The maximum Gasteiger partial charge on any atom is 0.202 e. The van der Waals surface area contributed by atoms with Crippen LogP contribution in [-0.4, -0.2) is 34.1 Å². The lowest BCUT2D eigenvalue weighted by Gasteiger charge is -2.15. The van der Waals surface area contributed by atoms with Crippen LogP contribution in [0.1, 0.15) is 0 Å². The van der Waals surface area contributed by atoms with Crippen LogP contribution in [0.25, 0.3) is 11.0 Å². The van der Waals surface area contributed by atoms with Crippen LogP contribution < -0.4 is 15.1 Å². The van der Waals surface area contributed by atoms with Gasteiger partial charge in [-0.05, 0) is 24.3 Å². The molecule has 1 atom stereocenters. The van der Waals surface area contributed by atoms with E-state index in [9.17, 15) is 5.11 Å². The molecule has 0 radical (unpaired) electrons. The highest BCUT2D eigenvalue weighted by atomic mass is 35.5. The predicted octanol–water partition coefficient (Wildman–Crippen LogP) is 2.33. The van der Waals surface area contributed by atoms with E-state index in [1.165, 1.54) is 0 Å². The fourth-order valence-corrected chi connectivity index (χ4v) is 2.76. The first-order chi connectivity index (χ1) is 11.6. The largest absolute Gasteiger partial charge is 0.493 e. The summed E-state index contributed by atoms with van der Waals surface area (Å²) in [6, 6.07) is 15.1. The number of hydrogen-bond acceptors (Lipinski definition) is 4. The van der Waals surface area contributed by atoms with Crippen molar-refractivity contribution in [1.29, 1.82) is 5.41 Å². The zero-order valence-corrected chi connectivity index (χ0v) is 15.0. The van der Waals surface area contributed by atoms with Crippen LogP contribution in [0.2, 0.25) is 0 Å². The summed E-state index contributed by atoms with van der Waals surface area (Å²) in [5, 5.41) is 18.6. The summed E-state index contributed by atoms with van der Waals surface area (Å²) in [6.07, 6.45) is -0.741. The second-order valence-corrected chi connectivity index (χ2v) is 5.60. The van der Waals surface area contributed by atoms with E-state index in [2.05, 4.69) is 0 Å². The lowest BCUT2D eigenvalue weighted by Crippen LogP contribution is -2.30. The number of aliphatic hydroxyl groups excluding tert-OH is 1. The van der Waals surface area contributed by atoms with Gasteiger partial charge in [-0.2, -0.15) is 0 Å². The molecule has 6 nitrogen and oxygen atoms in total. The molecule has 0 saturated heterocycles. The molecule has 0 aliphatic carbocycles. The Labute approximate surface area is 152 Å². The van der Waals surface area contributed by atoms with Gasteiger partial charge in [-0.25, -0.2) is 0 Å². The minimum absolute atomic E-state index is 0. The maximum absolute atomic E-state index is 10.3. The van der Waals surface area contributed by atoms with Gasteiger partial charge < -0.3 is 23.7 Å². The summed E-state index contributed by atoms with van der Waals surface area (Å²) in [4.78, 5) is 0. The standard InChI is InChI=1S/C18H21N3O3.ClH/c1-20-14-7-3-4-8-15(14)21(18(20)19)11-13(22)12-24-17-10-6-5-9-16(17)23-2;/h3-10,13,19,22H,11-12H2,1-2H3;1H. The summed E-state index contributed by atoms with van der Waals surface area (Å²) in [5.41, 5.74) is 2.22. The van der Waals surface area contributed by atoms with E-state index in [1.54, 1.807) is 22.3 Å². The van der Waals surface area contributed by atoms with E-state index >= 15 is 0 Å². The monoisotopic (exact) mass is 363 g/mol. The number of aryl methyl sites for hydroxylation is 1. The second-order valence-electron chi connectivity index (χ2n) is 5.60. The molecule has 0 spiro atoms. The molecule has 0 fully saturated rings. The third-order valence-electron chi connectivity index (χ3n) is 4.00. The molecule has 0 aliphatic heterocycles. The summed E-state index contributed by atoms with van der Waals surface area (Å²) in [6.45, 7) is 0.408. The molecule has 134 valence electrons. The Bertz CT molecular complexity index is 904. The highest BCUT2D eigenvalue weighted by Gasteiger charge is 2.13. The number of imidazole rings is 1. The van der Waals surface area contributed by atoms with E-state index in [0.29, 0.717) is 17.1 Å². The zero-order valence-electron chi connectivity index (χ0n) is 14.2. The molecule has 2 aromatic carbocycles. The van der Waals surface area contributed by atoms with Crippen LogP contribution in [0.5, 0.6) is 11.5 Å². The molecule has 1 heterocycles. The Kier molecular flexibility index (Phi) is 6.12. The van der Waals surface area contributed by atoms with Crippen molar-refractivity contribution < 1.29 is 14.6 Å². The number of fused-ring (bicyclic) bond motifs is 1. The first kappa shape index (κ1) is 18.9. The Morgan fingerprint density at radius 3 is 2.32 bits per heavy atom. The number of para-hydroxylation sites is 4. The lowest BCUT2D eigenvalue weighted by atomic mass is 10.3. The number of methoxy groups -OCH3 is 1. The summed E-state index contributed by atoms with van der Waals surface area (Å²) >= 11 is 0. The van der Waals surface area contributed by atoms with Gasteiger partial charge in [0.2, 0.25) is 5.62 Å². The predicted molar refractivity (Wildman–Crippen MR) is 98.5 cm³/mol. The highest BCUT2D eigenvalue weighted by Crippen LogP contribution is 2.25. The number of benzene rings is 2. The van der Waals surface area contributed by atoms with Crippen LogP contribution >= 0.6 is 12.4 Å². The molecule has 3 aromatic rings. The Balaban J connectivity index is 0.00000225. The van der Waals surface area contributed by atoms with E-state index in [4.69, 9.17) is 14.9 Å². The third-order valence-corrected chi connectivity index (χ3v) is 4.00. The van der Waals surface area contributed by atoms with Crippen LogP contribution in [0.4, 0.5) is 0 Å². The van der Waals surface area contributed by atoms with Crippen molar-refractivity contribution in [1.82, 2.24) is 9.13 Å². The first-order valence-electron chi connectivity index (χ1n) is 7.74. The van der Waals surface area contributed by atoms with E-state index in [-0.39, 0.29) is 25.6 Å². The Hall–Kier alpha value is -2.44. The number of nitrogens with zero attached hydrogens (tertiary/aromatic N) is 2. The molecule has 0 aliphatic rings. The van der Waals surface area contributed by atoms with Gasteiger partial charge in [0.1, 0.15) is 12.7 Å². The van der Waals surface area contributed by atoms with Gasteiger partial charge in [0.25, 0.3) is 0 Å². The molecule has 0 amide bonds. The van der Waals surface area contributed by atoms with Crippen molar-refractivity contribution >= 4 is 23.4 Å². The molecular formula is C18H22ClN3O3. The molecule has 2 N–H and O–H groups in total. The van der Waals surface area contributed by atoms with Gasteiger partial charge in [-0.15, -0.1) is 12.4 Å². The normalized spacial score (nSPS) is 11.8. The number of aliphatic hydroxyl groups is 1. The van der Waals surface area contributed by atoms with Crippen molar-refractivity contribution in [2.24, 2.45) is 7.05 Å². The Morgan fingerprint density at radius 1 is 1.04 bits per heavy atom. The fourth-order valence-electron chi connectivity index (χ4n) is 2.76. The lowest BCUT2D eigenvalue weighted by molar-refractivity contribution is 0.0906. The number of ether oxygens (including phenoxy) is 2. The Morgan fingerprint density at radius 2 is 1.64 bits per heavy atom. The topological polar surface area (TPSA) is 72.4 Å². The van der Waals surface area contributed by atoms with Crippen LogP contribution in [0.3, 0.4) is 0 Å². The molecule has 3 rings (SSSR count). The summed E-state index contributed by atoms with van der Waals surface area (Å²) in [5.74, 6) is 1.22. The summed E-state index contributed by atoms with van der Waals surface area (Å²) < 4.78 is 14.5. The van der Waals surface area contributed by atoms with Crippen molar-refractivity contribution in [3.63, 3.8) is 0 Å². The molecule has 1 unspecified atom stereocenters. The van der Waals surface area contributed by atoms with Gasteiger partial charge in [0, 0.05) is 7.05 Å².